The van der Waals surface area contributed by atoms with Crippen molar-refractivity contribution in [2.75, 3.05) is 37.2 Å². The molecule has 0 unspecified atom stereocenters. The zero-order valence-corrected chi connectivity index (χ0v) is 16.9. The minimum atomic E-state index is -3.43. The van der Waals surface area contributed by atoms with Crippen molar-refractivity contribution in [3.63, 3.8) is 0 Å². The van der Waals surface area contributed by atoms with Gasteiger partial charge < -0.3 is 24.6 Å². The zero-order chi connectivity index (χ0) is 21.2. The summed E-state index contributed by atoms with van der Waals surface area (Å²) in [6.45, 7) is -0.184. The summed E-state index contributed by atoms with van der Waals surface area (Å²) in [6, 6.07) is 10.1. The third-order valence-electron chi connectivity index (χ3n) is 4.87. The van der Waals surface area contributed by atoms with Crippen molar-refractivity contribution in [1.29, 1.82) is 0 Å². The van der Waals surface area contributed by atoms with Crippen LogP contribution in [-0.2, 0) is 9.84 Å². The molecule has 3 rings (SSSR count). The van der Waals surface area contributed by atoms with Crippen LogP contribution in [0.5, 0.6) is 17.2 Å². The topological polar surface area (TPSA) is 113 Å². The largest absolute Gasteiger partial charge is 0.508 e. The van der Waals surface area contributed by atoms with Crippen LogP contribution in [0.1, 0.15) is 10.4 Å². The molecule has 156 valence electrons. The fourth-order valence-electron chi connectivity index (χ4n) is 3.44. The highest BCUT2D eigenvalue weighted by atomic mass is 32.2. The third-order valence-corrected chi connectivity index (χ3v) is 6.57. The Morgan fingerprint density at radius 2 is 1.83 bits per heavy atom. The predicted octanol–water partition coefficient (Wildman–Crippen LogP) is 1.26. The Balaban J connectivity index is 1.94. The van der Waals surface area contributed by atoms with Crippen molar-refractivity contribution in [2.45, 2.75) is 12.1 Å². The van der Waals surface area contributed by atoms with Gasteiger partial charge in [0.25, 0.3) is 0 Å². The average Bonchev–Trinajstić information content (AvgIpc) is 2.97. The van der Waals surface area contributed by atoms with E-state index in [2.05, 4.69) is 0 Å². The number of methoxy groups -OCH3 is 2. The highest BCUT2D eigenvalue weighted by Crippen LogP contribution is 2.30. The number of hydrogen-bond donors (Lipinski definition) is 2. The van der Waals surface area contributed by atoms with E-state index in [0.29, 0.717) is 22.7 Å². The molecule has 1 saturated heterocycles. The number of carbonyl (C=O) groups excluding carboxylic acids is 1. The number of ketones is 1. The number of aromatic hydroxyl groups is 1. The van der Waals surface area contributed by atoms with Crippen LogP contribution >= 0.6 is 0 Å². The van der Waals surface area contributed by atoms with Crippen LogP contribution in [0.4, 0.5) is 5.69 Å². The number of phenolic OH excluding ortho intramolecular Hbond substituents is 1. The molecule has 1 fully saturated rings. The minimum absolute atomic E-state index is 0.0265. The van der Waals surface area contributed by atoms with Gasteiger partial charge in [-0.05, 0) is 30.3 Å². The van der Waals surface area contributed by atoms with Crippen molar-refractivity contribution in [2.24, 2.45) is 0 Å². The Hall–Kier alpha value is -2.78. The lowest BCUT2D eigenvalue weighted by atomic mass is 10.1. The van der Waals surface area contributed by atoms with Gasteiger partial charge in [-0.3, -0.25) is 4.79 Å². The maximum absolute atomic E-state index is 13.0. The summed E-state index contributed by atoms with van der Waals surface area (Å²) >= 11 is 0. The summed E-state index contributed by atoms with van der Waals surface area (Å²) in [5.41, 5.74) is 0.795. The Kier molecular flexibility index (Phi) is 5.99. The number of hydrogen-bond acceptors (Lipinski definition) is 8. The van der Waals surface area contributed by atoms with E-state index >= 15 is 0 Å². The van der Waals surface area contributed by atoms with Crippen molar-refractivity contribution in [3.05, 3.63) is 48.0 Å². The number of ether oxygens (including phenoxy) is 2. The van der Waals surface area contributed by atoms with Gasteiger partial charge in [0, 0.05) is 17.3 Å². The SMILES string of the molecule is COc1ccc(C(=O)CN(c2cccc(O)c2)[C@H]2CS(=O)(=O)C[C@H]2O)cc1OC. The molecule has 1 heterocycles. The summed E-state index contributed by atoms with van der Waals surface area (Å²) < 4.78 is 34.4. The fraction of sp³-hybridized carbons (Fsp3) is 0.350. The molecule has 0 amide bonds. The molecule has 8 nitrogen and oxygen atoms in total. The van der Waals surface area contributed by atoms with Crippen molar-refractivity contribution in [1.82, 2.24) is 0 Å². The predicted molar refractivity (Wildman–Crippen MR) is 108 cm³/mol. The summed E-state index contributed by atoms with van der Waals surface area (Å²) in [5, 5.41) is 20.2. The Morgan fingerprint density at radius 1 is 1.10 bits per heavy atom. The van der Waals surface area contributed by atoms with E-state index in [1.165, 1.54) is 31.3 Å². The number of carbonyl (C=O) groups is 1. The number of phenols is 1. The van der Waals surface area contributed by atoms with Crippen LogP contribution in [0.25, 0.3) is 0 Å². The van der Waals surface area contributed by atoms with Crippen LogP contribution in [-0.4, -0.2) is 68.8 Å². The molecule has 2 atom stereocenters. The molecule has 1 aliphatic rings. The van der Waals surface area contributed by atoms with E-state index in [9.17, 15) is 23.4 Å². The first kappa shape index (κ1) is 20.9. The quantitative estimate of drug-likeness (QED) is 0.643. The van der Waals surface area contributed by atoms with Crippen molar-refractivity contribution < 1.29 is 32.9 Å². The first-order chi connectivity index (χ1) is 13.7. The standard InChI is InChI=1S/C20H23NO7S/c1-27-19-7-6-13(8-20(19)28-2)17(23)10-21(14-4-3-5-15(22)9-14)16-11-29(25,26)12-18(16)24/h3-9,16,18,22,24H,10-12H2,1-2H3/t16-,18+/m0/s1. The van der Waals surface area contributed by atoms with Gasteiger partial charge in [-0.2, -0.15) is 0 Å². The lowest BCUT2D eigenvalue weighted by molar-refractivity contribution is 0.0990. The molecule has 0 spiro atoms. The smallest absolute Gasteiger partial charge is 0.182 e. The number of Topliss-reactive ketones (excluding diaryl/α,β-unsaturated/α-hetero) is 1. The number of sulfone groups is 1. The molecule has 0 saturated carbocycles. The fourth-order valence-corrected chi connectivity index (χ4v) is 5.24. The Bertz CT molecular complexity index is 1010. The highest BCUT2D eigenvalue weighted by Gasteiger charge is 2.41. The maximum atomic E-state index is 13.0. The minimum Gasteiger partial charge on any atom is -0.508 e. The molecule has 2 N–H and O–H groups in total. The monoisotopic (exact) mass is 421 g/mol. The van der Waals surface area contributed by atoms with Gasteiger partial charge in [0.1, 0.15) is 5.75 Å². The second kappa shape index (κ2) is 8.30. The molecule has 9 heteroatoms. The number of rotatable bonds is 7. The van der Waals surface area contributed by atoms with Crippen LogP contribution in [0, 0.1) is 0 Å². The summed E-state index contributed by atoms with van der Waals surface area (Å²) in [4.78, 5) is 14.5. The van der Waals surface area contributed by atoms with Gasteiger partial charge in [0.15, 0.2) is 27.1 Å². The van der Waals surface area contributed by atoms with Crippen molar-refractivity contribution in [3.8, 4) is 17.2 Å². The molecule has 0 bridgehead atoms. The van der Waals surface area contributed by atoms with Crippen LogP contribution in [0.3, 0.4) is 0 Å². The van der Waals surface area contributed by atoms with E-state index in [1.807, 2.05) is 0 Å². The first-order valence-corrected chi connectivity index (χ1v) is 10.8. The molecule has 29 heavy (non-hydrogen) atoms. The van der Waals surface area contributed by atoms with Gasteiger partial charge in [-0.15, -0.1) is 0 Å². The number of aliphatic hydroxyl groups is 1. The average molecular weight is 421 g/mol. The van der Waals surface area contributed by atoms with E-state index in [4.69, 9.17) is 9.47 Å². The van der Waals surface area contributed by atoms with Crippen molar-refractivity contribution >= 4 is 21.3 Å². The van der Waals surface area contributed by atoms with Gasteiger partial charge >= 0.3 is 0 Å². The van der Waals surface area contributed by atoms with E-state index in [-0.39, 0.29) is 29.6 Å². The van der Waals surface area contributed by atoms with E-state index in [1.54, 1.807) is 30.3 Å². The number of aliphatic hydroxyl groups excluding tert-OH is 1. The van der Waals surface area contributed by atoms with Crippen LogP contribution in [0.15, 0.2) is 42.5 Å². The number of anilines is 1. The molecule has 1 aliphatic heterocycles. The second-order valence-corrected chi connectivity index (χ2v) is 9.01. The summed E-state index contributed by atoms with van der Waals surface area (Å²) in [6.07, 6.45) is -1.14. The van der Waals surface area contributed by atoms with Gasteiger partial charge in [-0.1, -0.05) is 6.07 Å². The third kappa shape index (κ3) is 4.63. The lowest BCUT2D eigenvalue weighted by Crippen LogP contribution is -2.46. The maximum Gasteiger partial charge on any atom is 0.182 e. The first-order valence-electron chi connectivity index (χ1n) is 8.93. The van der Waals surface area contributed by atoms with E-state index in [0.717, 1.165) is 0 Å². The molecular formula is C20H23NO7S. The molecular weight excluding hydrogens is 398 g/mol. The normalized spacial score (nSPS) is 20.2. The lowest BCUT2D eigenvalue weighted by Gasteiger charge is -2.32. The molecule has 2 aromatic rings. The number of benzene rings is 2. The van der Waals surface area contributed by atoms with E-state index < -0.39 is 22.0 Å². The van der Waals surface area contributed by atoms with Gasteiger partial charge in [-0.25, -0.2) is 8.42 Å². The molecule has 0 aromatic heterocycles. The Morgan fingerprint density at radius 3 is 2.41 bits per heavy atom. The Labute approximate surface area is 169 Å². The molecule has 2 aromatic carbocycles. The van der Waals surface area contributed by atoms with Gasteiger partial charge in [0.05, 0.1) is 44.4 Å². The highest BCUT2D eigenvalue weighted by molar-refractivity contribution is 7.91. The van der Waals surface area contributed by atoms with Crippen LogP contribution in [0.2, 0.25) is 0 Å². The summed E-state index contributed by atoms with van der Waals surface area (Å²) in [5.74, 6) is -0.0928. The molecule has 0 aliphatic carbocycles. The van der Waals surface area contributed by atoms with Crippen LogP contribution < -0.4 is 14.4 Å². The molecule has 0 radical (unpaired) electrons. The zero-order valence-electron chi connectivity index (χ0n) is 16.1. The van der Waals surface area contributed by atoms with Gasteiger partial charge in [0.2, 0.25) is 0 Å². The summed E-state index contributed by atoms with van der Waals surface area (Å²) in [7, 11) is -0.476. The second-order valence-electron chi connectivity index (χ2n) is 6.85. The number of nitrogens with zero attached hydrogens (tertiary/aromatic N) is 1.